The number of fused-ring (bicyclic) bond motifs is 1. The van der Waals surface area contributed by atoms with Crippen molar-refractivity contribution in [1.29, 1.82) is 0 Å². The molecule has 144 valence electrons. The molecule has 6 heteroatoms. The van der Waals surface area contributed by atoms with E-state index in [0.29, 0.717) is 32.5 Å². The van der Waals surface area contributed by atoms with Crippen LogP contribution in [0.15, 0.2) is 60.9 Å². The lowest BCUT2D eigenvalue weighted by Crippen LogP contribution is -2.45. The number of hydrogen-bond acceptors (Lipinski definition) is 3. The van der Waals surface area contributed by atoms with Gasteiger partial charge in [0.2, 0.25) is 11.8 Å². The van der Waals surface area contributed by atoms with Gasteiger partial charge in [-0.3, -0.25) is 9.59 Å². The molecule has 4 rings (SSSR count). The molecule has 0 radical (unpaired) electrons. The van der Waals surface area contributed by atoms with Crippen LogP contribution in [-0.4, -0.2) is 45.4 Å². The molecule has 0 saturated carbocycles. The first kappa shape index (κ1) is 18.2. The van der Waals surface area contributed by atoms with Crippen LogP contribution in [0.4, 0.5) is 5.69 Å². The summed E-state index contributed by atoms with van der Waals surface area (Å²) in [6, 6.07) is 17.2. The third-order valence-corrected chi connectivity index (χ3v) is 5.38. The van der Waals surface area contributed by atoms with Crippen LogP contribution in [-0.2, 0) is 16.1 Å². The number of nitrogens with zero attached hydrogens (tertiary/aromatic N) is 4. The largest absolute Gasteiger partial charge is 0.331 e. The SMILES string of the molecule is CCN(C(=O)CCn1cnc2ccccc21)[C@H]1CCN(c2ccccc2)C1=O. The first-order valence-corrected chi connectivity index (χ1v) is 9.75. The number of benzene rings is 2. The lowest BCUT2D eigenvalue weighted by Gasteiger charge is -2.27. The minimum absolute atomic E-state index is 0.00791. The Morgan fingerprint density at radius 1 is 1.14 bits per heavy atom. The Hall–Kier alpha value is -3.15. The van der Waals surface area contributed by atoms with Gasteiger partial charge >= 0.3 is 0 Å². The molecule has 1 atom stereocenters. The molecule has 0 bridgehead atoms. The Balaban J connectivity index is 1.43. The molecule has 6 nitrogen and oxygen atoms in total. The molecule has 0 N–H and O–H groups in total. The van der Waals surface area contributed by atoms with Crippen molar-refractivity contribution < 1.29 is 9.59 Å². The van der Waals surface area contributed by atoms with E-state index in [9.17, 15) is 9.59 Å². The number of aromatic nitrogens is 2. The number of para-hydroxylation sites is 3. The molecule has 1 aliphatic rings. The minimum atomic E-state index is -0.378. The highest BCUT2D eigenvalue weighted by molar-refractivity contribution is 6.01. The molecule has 0 aliphatic carbocycles. The number of imidazole rings is 1. The molecule has 2 amide bonds. The number of rotatable bonds is 6. The highest BCUT2D eigenvalue weighted by atomic mass is 16.2. The standard InChI is InChI=1S/C22H24N4O2/c1-2-25(20-12-15-26(22(20)28)17-8-4-3-5-9-17)21(27)13-14-24-16-23-18-10-6-7-11-19(18)24/h3-11,16,20H,2,12-15H2,1H3/t20-/m0/s1. The lowest BCUT2D eigenvalue weighted by atomic mass is 10.2. The fourth-order valence-corrected chi connectivity index (χ4v) is 3.94. The molecule has 1 saturated heterocycles. The highest BCUT2D eigenvalue weighted by Gasteiger charge is 2.37. The maximum Gasteiger partial charge on any atom is 0.249 e. The fourth-order valence-electron chi connectivity index (χ4n) is 3.94. The molecule has 1 aliphatic heterocycles. The minimum Gasteiger partial charge on any atom is -0.331 e. The zero-order valence-electron chi connectivity index (χ0n) is 16.0. The van der Waals surface area contributed by atoms with E-state index in [1.165, 1.54) is 0 Å². The van der Waals surface area contributed by atoms with Crippen LogP contribution in [0, 0.1) is 0 Å². The van der Waals surface area contributed by atoms with Crippen molar-refractivity contribution in [1.82, 2.24) is 14.5 Å². The number of carbonyl (C=O) groups excluding carboxylic acids is 2. The molecular weight excluding hydrogens is 352 g/mol. The summed E-state index contributed by atoms with van der Waals surface area (Å²) in [5, 5.41) is 0. The Labute approximate surface area is 164 Å². The van der Waals surface area contributed by atoms with Crippen molar-refractivity contribution in [2.45, 2.75) is 32.4 Å². The Bertz CT molecular complexity index is 982. The summed E-state index contributed by atoms with van der Waals surface area (Å²) in [6.45, 7) is 3.66. The number of carbonyl (C=O) groups is 2. The summed E-state index contributed by atoms with van der Waals surface area (Å²) in [6.07, 6.45) is 2.79. The van der Waals surface area contributed by atoms with Gasteiger partial charge in [-0.05, 0) is 37.6 Å². The summed E-state index contributed by atoms with van der Waals surface area (Å²) in [5.74, 6) is 0.0167. The maximum absolute atomic E-state index is 12.9. The second-order valence-electron chi connectivity index (χ2n) is 6.99. The number of anilines is 1. The molecule has 28 heavy (non-hydrogen) atoms. The third kappa shape index (κ3) is 3.38. The van der Waals surface area contributed by atoms with Gasteiger partial charge < -0.3 is 14.4 Å². The molecule has 2 aromatic carbocycles. The van der Waals surface area contributed by atoms with Crippen LogP contribution in [0.3, 0.4) is 0 Å². The summed E-state index contributed by atoms with van der Waals surface area (Å²) in [5.41, 5.74) is 2.83. The van der Waals surface area contributed by atoms with Crippen molar-refractivity contribution in [2.75, 3.05) is 18.0 Å². The summed E-state index contributed by atoms with van der Waals surface area (Å²) >= 11 is 0. The number of aryl methyl sites for hydroxylation is 1. The van der Waals surface area contributed by atoms with E-state index in [1.54, 1.807) is 16.1 Å². The summed E-state index contributed by atoms with van der Waals surface area (Å²) in [4.78, 5) is 33.7. The number of likely N-dealkylation sites (N-methyl/N-ethyl adjacent to an activating group) is 1. The van der Waals surface area contributed by atoms with E-state index < -0.39 is 0 Å². The molecule has 1 aromatic heterocycles. The smallest absolute Gasteiger partial charge is 0.249 e. The fraction of sp³-hybridized carbons (Fsp3) is 0.318. The van der Waals surface area contributed by atoms with Gasteiger partial charge in [0.15, 0.2) is 0 Å². The number of hydrogen-bond donors (Lipinski definition) is 0. The van der Waals surface area contributed by atoms with Crippen LogP contribution in [0.2, 0.25) is 0 Å². The Kier molecular flexibility index (Phi) is 5.10. The van der Waals surface area contributed by atoms with Crippen molar-refractivity contribution in [3.63, 3.8) is 0 Å². The zero-order valence-corrected chi connectivity index (χ0v) is 16.0. The van der Waals surface area contributed by atoms with Crippen LogP contribution in [0.1, 0.15) is 19.8 Å². The molecule has 3 aromatic rings. The van der Waals surface area contributed by atoms with Gasteiger partial charge in [0.25, 0.3) is 0 Å². The molecule has 0 unspecified atom stereocenters. The quantitative estimate of drug-likeness (QED) is 0.664. The molecule has 0 spiro atoms. The van der Waals surface area contributed by atoms with E-state index in [1.807, 2.05) is 66.1 Å². The maximum atomic E-state index is 12.9. The van der Waals surface area contributed by atoms with Crippen molar-refractivity contribution in [2.24, 2.45) is 0 Å². The van der Waals surface area contributed by atoms with Crippen LogP contribution >= 0.6 is 0 Å². The first-order chi connectivity index (χ1) is 13.7. The summed E-state index contributed by atoms with van der Waals surface area (Å²) < 4.78 is 1.99. The molecule has 2 heterocycles. The van der Waals surface area contributed by atoms with Crippen LogP contribution < -0.4 is 4.90 Å². The monoisotopic (exact) mass is 376 g/mol. The zero-order chi connectivity index (χ0) is 19.5. The first-order valence-electron chi connectivity index (χ1n) is 9.75. The van der Waals surface area contributed by atoms with Crippen LogP contribution in [0.5, 0.6) is 0 Å². The average Bonchev–Trinajstić information content (AvgIpc) is 3.32. The van der Waals surface area contributed by atoms with Crippen molar-refractivity contribution in [3.8, 4) is 0 Å². The highest BCUT2D eigenvalue weighted by Crippen LogP contribution is 2.24. The normalized spacial score (nSPS) is 16.7. The van der Waals surface area contributed by atoms with Gasteiger partial charge in [-0.25, -0.2) is 4.98 Å². The topological polar surface area (TPSA) is 58.4 Å². The lowest BCUT2D eigenvalue weighted by molar-refractivity contribution is -0.138. The Morgan fingerprint density at radius 2 is 1.89 bits per heavy atom. The average molecular weight is 376 g/mol. The van der Waals surface area contributed by atoms with Gasteiger partial charge in [-0.15, -0.1) is 0 Å². The summed E-state index contributed by atoms with van der Waals surface area (Å²) in [7, 11) is 0. The van der Waals surface area contributed by atoms with Crippen LogP contribution in [0.25, 0.3) is 11.0 Å². The van der Waals surface area contributed by atoms with Crippen molar-refractivity contribution in [3.05, 3.63) is 60.9 Å². The second-order valence-corrected chi connectivity index (χ2v) is 6.99. The predicted molar refractivity (Wildman–Crippen MR) is 109 cm³/mol. The molecular formula is C22H24N4O2. The Morgan fingerprint density at radius 3 is 2.68 bits per heavy atom. The van der Waals surface area contributed by atoms with Gasteiger partial charge in [0, 0.05) is 31.7 Å². The van der Waals surface area contributed by atoms with E-state index in [4.69, 9.17) is 0 Å². The van der Waals surface area contributed by atoms with E-state index in [2.05, 4.69) is 4.98 Å². The van der Waals surface area contributed by atoms with E-state index in [0.717, 1.165) is 16.7 Å². The third-order valence-electron chi connectivity index (χ3n) is 5.38. The molecule has 1 fully saturated rings. The van der Waals surface area contributed by atoms with Gasteiger partial charge in [-0.1, -0.05) is 30.3 Å². The van der Waals surface area contributed by atoms with Gasteiger partial charge in [0.1, 0.15) is 6.04 Å². The van der Waals surface area contributed by atoms with Gasteiger partial charge in [0.05, 0.1) is 17.4 Å². The predicted octanol–water partition coefficient (Wildman–Crippen LogP) is 3.08. The van der Waals surface area contributed by atoms with Gasteiger partial charge in [-0.2, -0.15) is 0 Å². The van der Waals surface area contributed by atoms with E-state index in [-0.39, 0.29) is 17.9 Å². The number of amides is 2. The van der Waals surface area contributed by atoms with E-state index >= 15 is 0 Å². The second kappa shape index (κ2) is 7.84. The van der Waals surface area contributed by atoms with Crippen molar-refractivity contribution >= 4 is 28.5 Å².